The van der Waals surface area contributed by atoms with Crippen LogP contribution >= 0.6 is 24.8 Å². The molecule has 4 heteroatoms. The van der Waals surface area contributed by atoms with Crippen molar-refractivity contribution < 1.29 is 12.5 Å². The van der Waals surface area contributed by atoms with Crippen molar-refractivity contribution in [2.75, 3.05) is 0 Å². The molecule has 0 fully saturated rings. The van der Waals surface area contributed by atoms with Crippen LogP contribution in [0.4, 0.5) is 0 Å². The topological polar surface area (TPSA) is 0 Å². The van der Waals surface area contributed by atoms with Gasteiger partial charge in [-0.3, -0.25) is 0 Å². The summed E-state index contributed by atoms with van der Waals surface area (Å²) in [4.78, 5) is 0. The van der Waals surface area contributed by atoms with E-state index in [1.807, 2.05) is 0 Å². The predicted molar refractivity (Wildman–Crippen MR) is 111 cm³/mol. The number of hydrogen-bond acceptors (Lipinski definition) is 0. The predicted octanol–water partition coefficient (Wildman–Crippen LogP) is 4.90. The van der Waals surface area contributed by atoms with Gasteiger partial charge in [-0.15, -0.1) is 24.8 Å². The van der Waals surface area contributed by atoms with Crippen LogP contribution < -0.4 is 3.87 Å². The van der Waals surface area contributed by atoms with Crippen molar-refractivity contribution in [2.24, 2.45) is 0 Å². The zero-order valence-corrected chi connectivity index (χ0v) is 20.4. The first-order chi connectivity index (χ1) is 10.5. The molecule has 0 saturated carbocycles. The molecular weight excluding hydrogens is 432 g/mol. The first kappa shape index (κ1) is 20.1. The summed E-state index contributed by atoms with van der Waals surface area (Å²) in [6, 6.07) is 16.0. The molecule has 0 amide bonds. The summed E-state index contributed by atoms with van der Waals surface area (Å²) in [6.45, 7) is 0. The van der Waals surface area contributed by atoms with E-state index in [-0.39, 0.29) is 24.8 Å². The molecule has 0 heterocycles. The molecule has 126 valence electrons. The standard InChI is InChI=1S/C13H9.C5H5.2CH3.2ClH.GeH2.Ti/c1-3-7-12-10(5-1)9-11-6-2-4-8-13(11)12;1-2-4-5-3-1;;;;;;/h1-5,7-8H,9H2;1-3H,4H2;2*1H3;2*1H;1H2;. The van der Waals surface area contributed by atoms with Gasteiger partial charge in [0.15, 0.2) is 0 Å². The molecule has 0 spiro atoms. The first-order valence-corrected chi connectivity index (χ1v) is 20.0. The Kier molecular flexibility index (Phi) is 5.70. The van der Waals surface area contributed by atoms with Gasteiger partial charge in [-0.1, -0.05) is 0 Å². The second-order valence-corrected chi connectivity index (χ2v) is 36.3. The normalized spacial score (nSPS) is 15.0. The molecule has 0 nitrogen and oxygen atoms in total. The molecule has 0 aliphatic heterocycles. The van der Waals surface area contributed by atoms with Crippen molar-refractivity contribution in [2.45, 2.75) is 23.3 Å². The van der Waals surface area contributed by atoms with E-state index in [0.29, 0.717) is 0 Å². The molecule has 0 atom stereocenters. The van der Waals surface area contributed by atoms with Crippen molar-refractivity contribution in [3.05, 3.63) is 75.7 Å². The van der Waals surface area contributed by atoms with Gasteiger partial charge in [-0.05, 0) is 0 Å². The maximum absolute atomic E-state index is 2.69. The first-order valence-electron chi connectivity index (χ1n) is 8.10. The number of halogens is 2. The van der Waals surface area contributed by atoms with Crippen LogP contribution in [0.3, 0.4) is 0 Å². The maximum atomic E-state index is 2.63. The van der Waals surface area contributed by atoms with E-state index in [1.54, 1.807) is 13.3 Å². The van der Waals surface area contributed by atoms with Crippen molar-refractivity contribution in [1.29, 1.82) is 0 Å². The molecule has 0 radical (unpaired) electrons. The van der Waals surface area contributed by atoms with E-state index < -0.39 is 12.5 Å². The molecule has 2 aromatic carbocycles. The Labute approximate surface area is 163 Å². The average Bonchev–Trinajstić information content (AvgIpc) is 3.14. The van der Waals surface area contributed by atoms with E-state index in [1.165, 1.54) is 36.2 Å². The van der Waals surface area contributed by atoms with Gasteiger partial charge in [-0.2, -0.15) is 0 Å². The Morgan fingerprint density at radius 2 is 1.62 bits per heavy atom. The van der Waals surface area contributed by atoms with Crippen molar-refractivity contribution in [3.8, 4) is 11.1 Å². The Hall–Kier alpha value is -0.243. The molecule has 0 saturated heterocycles. The summed E-state index contributed by atoms with van der Waals surface area (Å²) in [6.07, 6.45) is 9.32. The quantitative estimate of drug-likeness (QED) is 0.482. The monoisotopic (exact) mass is 456 g/mol. The van der Waals surface area contributed by atoms with Crippen LogP contribution in [0.15, 0.2) is 64.6 Å². The Balaban J connectivity index is 0.00000104. The summed E-state index contributed by atoms with van der Waals surface area (Å²) >= 11 is -1.27. The molecule has 2 aromatic rings. The number of hydrogen-bond donors (Lipinski definition) is 0. The van der Waals surface area contributed by atoms with Crippen molar-refractivity contribution in [1.82, 2.24) is 0 Å². The van der Waals surface area contributed by atoms with Gasteiger partial charge in [-0.25, -0.2) is 0 Å². The fraction of sp³-hybridized carbons (Fsp3) is 0.200. The van der Waals surface area contributed by atoms with Crippen LogP contribution in [0.2, 0.25) is 10.5 Å². The molecule has 2 aliphatic rings. The van der Waals surface area contributed by atoms with E-state index in [9.17, 15) is 0 Å². The molecule has 0 N–H and O–H groups in total. The number of allylic oxidation sites excluding steroid dienone is 4. The minimum absolute atomic E-state index is 0. The molecule has 0 unspecified atom stereocenters. The number of fused-ring (bicyclic) bond motifs is 3. The van der Waals surface area contributed by atoms with Gasteiger partial charge in [0.1, 0.15) is 0 Å². The summed E-state index contributed by atoms with van der Waals surface area (Å²) in [5.41, 5.74) is 6.09. The second kappa shape index (κ2) is 6.82. The summed E-state index contributed by atoms with van der Waals surface area (Å²) in [5.74, 6) is 0. The fourth-order valence-corrected chi connectivity index (χ4v) is 14.8. The van der Waals surface area contributed by atoms with Crippen LogP contribution in [0.25, 0.3) is 11.1 Å². The van der Waals surface area contributed by atoms with Gasteiger partial charge in [0.2, 0.25) is 0 Å². The fourth-order valence-electron chi connectivity index (χ4n) is 4.12. The van der Waals surface area contributed by atoms with Gasteiger partial charge in [0.25, 0.3) is 0 Å². The Morgan fingerprint density at radius 1 is 0.917 bits per heavy atom. The Morgan fingerprint density at radius 3 is 2.33 bits per heavy atom. The van der Waals surface area contributed by atoms with Crippen LogP contribution in [0.5, 0.6) is 0 Å². The van der Waals surface area contributed by atoms with E-state index >= 15 is 0 Å². The Bertz CT molecular complexity index is 919. The number of rotatable bonds is 2. The molecule has 24 heavy (non-hydrogen) atoms. The zero-order chi connectivity index (χ0) is 15.4. The van der Waals surface area contributed by atoms with E-state index in [0.717, 1.165) is 6.42 Å². The van der Waals surface area contributed by atoms with Crippen molar-refractivity contribution in [3.63, 3.8) is 0 Å². The molecule has 2 aliphatic carbocycles. The van der Waals surface area contributed by atoms with Gasteiger partial charge in [0, 0.05) is 0 Å². The molecule has 4 rings (SSSR count). The van der Waals surface area contributed by atoms with Crippen LogP contribution in [-0.2, 0) is 18.9 Å². The van der Waals surface area contributed by atoms with Crippen LogP contribution in [0.1, 0.15) is 17.5 Å². The third-order valence-electron chi connectivity index (χ3n) is 5.52. The summed E-state index contributed by atoms with van der Waals surface area (Å²) in [7, 11) is 0. The second-order valence-electron chi connectivity index (χ2n) is 7.68. The van der Waals surface area contributed by atoms with Gasteiger partial charge < -0.3 is 0 Å². The van der Waals surface area contributed by atoms with Gasteiger partial charge in [0.05, 0.1) is 0 Å². The molecule has 0 aromatic heterocycles. The van der Waals surface area contributed by atoms with E-state index in [4.69, 9.17) is 0 Å². The zero-order valence-electron chi connectivity index (χ0n) is 14.2. The summed E-state index contributed by atoms with van der Waals surface area (Å²) in [5, 5.41) is 5.27. The van der Waals surface area contributed by atoms with E-state index in [2.05, 4.69) is 71.1 Å². The third-order valence-corrected chi connectivity index (χ3v) is 20.0. The molecule has 0 bridgehead atoms. The SMILES string of the molecule is Cl.Cl.[CH3][Ti]([CH3])(=[GeH2])([C]1=CC=CC1)[c]1cccc2c1Cc1ccccc1-2. The third kappa shape index (κ3) is 3.02. The minimum atomic E-state index is -2.69. The van der Waals surface area contributed by atoms with Crippen molar-refractivity contribution >= 4 is 41.8 Å². The average molecular weight is 456 g/mol. The van der Waals surface area contributed by atoms with Crippen LogP contribution in [0, 0.1) is 0 Å². The number of benzene rings is 2. The molecular formula is C20H24Cl2GeTi. The van der Waals surface area contributed by atoms with Crippen LogP contribution in [-0.4, -0.2) is 13.1 Å². The summed E-state index contributed by atoms with van der Waals surface area (Å²) < 4.78 is 3.47. The van der Waals surface area contributed by atoms with Gasteiger partial charge >= 0.3 is 140 Å².